The zero-order chi connectivity index (χ0) is 13.2. The molecule has 102 valence electrons. The monoisotopic (exact) mass is 278 g/mol. The molecule has 4 nitrogen and oxygen atoms in total. The summed E-state index contributed by atoms with van der Waals surface area (Å²) in [6.07, 6.45) is 5.60. The molecule has 3 rings (SSSR count). The number of nitrogens with two attached hydrogens (primary N) is 1. The van der Waals surface area contributed by atoms with Crippen molar-refractivity contribution in [1.82, 2.24) is 0 Å². The zero-order valence-corrected chi connectivity index (χ0v) is 11.6. The summed E-state index contributed by atoms with van der Waals surface area (Å²) in [6, 6.07) is 3.74. The highest BCUT2D eigenvalue weighted by Crippen LogP contribution is 2.49. The molecule has 2 bridgehead atoms. The van der Waals surface area contributed by atoms with Crippen molar-refractivity contribution in [3.8, 4) is 0 Å². The van der Waals surface area contributed by atoms with Crippen LogP contribution in [0.5, 0.6) is 0 Å². The number of rotatable bonds is 4. The summed E-state index contributed by atoms with van der Waals surface area (Å²) in [5.74, 6) is 2.11. The molecule has 1 heterocycles. The van der Waals surface area contributed by atoms with Gasteiger partial charge >= 0.3 is 5.97 Å². The predicted octanol–water partition coefficient (Wildman–Crippen LogP) is 2.74. The van der Waals surface area contributed by atoms with Crippen molar-refractivity contribution >= 4 is 23.1 Å². The van der Waals surface area contributed by atoms with Crippen molar-refractivity contribution in [2.45, 2.75) is 32.1 Å². The number of hydrogen-bond donors (Lipinski definition) is 1. The van der Waals surface area contributed by atoms with Crippen molar-refractivity contribution in [1.29, 1.82) is 0 Å². The molecule has 5 heteroatoms. The Morgan fingerprint density at radius 2 is 2.37 bits per heavy atom. The van der Waals surface area contributed by atoms with E-state index >= 15 is 0 Å². The second-order valence-electron chi connectivity index (χ2n) is 5.56. The Kier molecular flexibility index (Phi) is 3.55. The van der Waals surface area contributed by atoms with Gasteiger partial charge in [0.25, 0.3) is 0 Å². The minimum Gasteiger partial charge on any atom is -0.380 e. The second-order valence-corrected chi connectivity index (χ2v) is 6.50. The van der Waals surface area contributed by atoms with E-state index in [1.54, 1.807) is 0 Å². The second kappa shape index (κ2) is 5.33. The van der Waals surface area contributed by atoms with Gasteiger partial charge in [0, 0.05) is 0 Å². The van der Waals surface area contributed by atoms with Gasteiger partial charge in [0.2, 0.25) is 0 Å². The van der Waals surface area contributed by atoms with Gasteiger partial charge < -0.3 is 10.6 Å². The third-order valence-corrected chi connectivity index (χ3v) is 5.23. The molecular formula is C14H18N2O2S. The van der Waals surface area contributed by atoms with E-state index in [0.29, 0.717) is 12.3 Å². The van der Waals surface area contributed by atoms with Crippen molar-refractivity contribution in [3.05, 3.63) is 22.4 Å². The minimum absolute atomic E-state index is 0.253. The van der Waals surface area contributed by atoms with E-state index in [1.165, 1.54) is 37.0 Å². The van der Waals surface area contributed by atoms with Crippen LogP contribution in [0.1, 0.15) is 37.0 Å². The molecule has 2 fully saturated rings. The quantitative estimate of drug-likeness (QED) is 0.398. The molecule has 0 saturated heterocycles. The molecule has 2 aliphatic rings. The fourth-order valence-corrected chi connectivity index (χ4v) is 4.07. The smallest absolute Gasteiger partial charge is 0.335 e. The van der Waals surface area contributed by atoms with Crippen molar-refractivity contribution < 1.29 is 9.63 Å². The number of fused-ring (bicyclic) bond motifs is 2. The Labute approximate surface area is 116 Å². The molecule has 2 N–H and O–H groups in total. The van der Waals surface area contributed by atoms with Crippen LogP contribution in [0.2, 0.25) is 0 Å². The molecule has 0 aliphatic heterocycles. The van der Waals surface area contributed by atoms with Crippen molar-refractivity contribution in [2.24, 2.45) is 28.6 Å². The first-order valence-electron chi connectivity index (χ1n) is 6.79. The summed E-state index contributed by atoms with van der Waals surface area (Å²) in [6.45, 7) is 0. The Balaban J connectivity index is 1.50. The number of thiophene rings is 1. The lowest BCUT2D eigenvalue weighted by Crippen LogP contribution is -2.18. The van der Waals surface area contributed by atoms with E-state index in [9.17, 15) is 4.79 Å². The predicted molar refractivity (Wildman–Crippen MR) is 74.7 cm³/mol. The lowest BCUT2D eigenvalue weighted by molar-refractivity contribution is -0.145. The highest BCUT2D eigenvalue weighted by molar-refractivity contribution is 7.12. The fraction of sp³-hybridized carbons (Fsp3) is 0.571. The summed E-state index contributed by atoms with van der Waals surface area (Å²) >= 11 is 1.48. The molecule has 0 radical (unpaired) electrons. The average molecular weight is 278 g/mol. The van der Waals surface area contributed by atoms with Gasteiger partial charge in [-0.05, 0) is 48.5 Å². The van der Waals surface area contributed by atoms with Crippen LogP contribution >= 0.6 is 11.3 Å². The average Bonchev–Trinajstić information content (AvgIpc) is 3.12. The molecule has 1 aromatic heterocycles. The van der Waals surface area contributed by atoms with Crippen LogP contribution in [0.4, 0.5) is 0 Å². The number of amidine groups is 1. The van der Waals surface area contributed by atoms with E-state index in [2.05, 4.69) is 5.16 Å². The molecule has 0 amide bonds. The Bertz CT molecular complexity index is 484. The van der Waals surface area contributed by atoms with Crippen LogP contribution < -0.4 is 5.73 Å². The molecular weight excluding hydrogens is 260 g/mol. The van der Waals surface area contributed by atoms with Crippen LogP contribution in [-0.2, 0) is 9.63 Å². The van der Waals surface area contributed by atoms with Crippen molar-refractivity contribution in [2.75, 3.05) is 0 Å². The Hall–Kier alpha value is -1.36. The third kappa shape index (κ3) is 2.81. The summed E-state index contributed by atoms with van der Waals surface area (Å²) in [4.78, 5) is 17.5. The maximum Gasteiger partial charge on any atom is 0.335 e. The van der Waals surface area contributed by atoms with E-state index in [0.717, 1.165) is 16.7 Å². The van der Waals surface area contributed by atoms with Gasteiger partial charge in [0.05, 0.1) is 11.3 Å². The summed E-state index contributed by atoms with van der Waals surface area (Å²) in [5.41, 5.74) is 5.74. The van der Waals surface area contributed by atoms with Crippen LogP contribution in [0.3, 0.4) is 0 Å². The first-order chi connectivity index (χ1) is 9.22. The molecule has 19 heavy (non-hydrogen) atoms. The number of carbonyl (C=O) groups excluding carboxylic acids is 1. The molecule has 0 unspecified atom stereocenters. The molecule has 2 saturated carbocycles. The van der Waals surface area contributed by atoms with Crippen LogP contribution in [-0.4, -0.2) is 11.8 Å². The van der Waals surface area contributed by atoms with Gasteiger partial charge in [-0.2, -0.15) is 0 Å². The molecule has 2 aliphatic carbocycles. The number of hydrogen-bond acceptors (Lipinski definition) is 4. The molecule has 0 aromatic carbocycles. The van der Waals surface area contributed by atoms with Crippen LogP contribution in [0.25, 0.3) is 0 Å². The SMILES string of the molecule is N/C(=N/OC(=O)C[C@H]1C[C@H]2CC[C@@H]1C2)c1cccs1. The van der Waals surface area contributed by atoms with E-state index in [-0.39, 0.29) is 11.8 Å². The lowest BCUT2D eigenvalue weighted by atomic mass is 9.86. The third-order valence-electron chi connectivity index (χ3n) is 4.33. The zero-order valence-electron chi connectivity index (χ0n) is 10.7. The van der Waals surface area contributed by atoms with Gasteiger partial charge in [-0.25, -0.2) is 4.79 Å². The first kappa shape index (κ1) is 12.7. The van der Waals surface area contributed by atoms with E-state index in [4.69, 9.17) is 10.6 Å². The molecule has 3 atom stereocenters. The van der Waals surface area contributed by atoms with Crippen molar-refractivity contribution in [3.63, 3.8) is 0 Å². The maximum atomic E-state index is 11.8. The number of oxime groups is 1. The van der Waals surface area contributed by atoms with Crippen LogP contribution in [0.15, 0.2) is 22.7 Å². The summed E-state index contributed by atoms with van der Waals surface area (Å²) in [5, 5.41) is 5.64. The number of nitrogens with zero attached hydrogens (tertiary/aromatic N) is 1. The largest absolute Gasteiger partial charge is 0.380 e. The van der Waals surface area contributed by atoms with E-state index < -0.39 is 0 Å². The summed E-state index contributed by atoms with van der Waals surface area (Å²) < 4.78 is 0. The fourth-order valence-electron chi connectivity index (χ4n) is 3.45. The van der Waals surface area contributed by atoms with Gasteiger partial charge in [-0.1, -0.05) is 17.6 Å². The van der Waals surface area contributed by atoms with E-state index in [1.807, 2.05) is 17.5 Å². The van der Waals surface area contributed by atoms with Gasteiger partial charge in [0.1, 0.15) is 0 Å². The van der Waals surface area contributed by atoms with Crippen LogP contribution in [0, 0.1) is 17.8 Å². The normalized spacial score (nSPS) is 29.7. The molecule has 0 spiro atoms. The standard InChI is InChI=1S/C14H18N2O2S/c15-14(12-2-1-5-19-12)16-18-13(17)8-11-7-9-3-4-10(11)6-9/h1-2,5,9-11H,3-4,6-8H2,(H2,15,16)/t9-,10+,11+/m0/s1. The Morgan fingerprint density at radius 1 is 1.47 bits per heavy atom. The maximum absolute atomic E-state index is 11.8. The van der Waals surface area contributed by atoms with Gasteiger partial charge in [-0.3, -0.25) is 0 Å². The van der Waals surface area contributed by atoms with Gasteiger partial charge in [-0.15, -0.1) is 11.3 Å². The minimum atomic E-state index is -0.253. The molecule has 1 aromatic rings. The highest BCUT2D eigenvalue weighted by Gasteiger charge is 2.40. The first-order valence-corrected chi connectivity index (χ1v) is 7.67. The summed E-state index contributed by atoms with van der Waals surface area (Å²) in [7, 11) is 0. The Morgan fingerprint density at radius 3 is 3.00 bits per heavy atom. The van der Waals surface area contributed by atoms with Gasteiger partial charge in [0.15, 0.2) is 5.84 Å². The topological polar surface area (TPSA) is 64.7 Å². The highest BCUT2D eigenvalue weighted by atomic mass is 32.1. The number of carbonyl (C=O) groups is 1. The lowest BCUT2D eigenvalue weighted by Gasteiger charge is -2.19.